The van der Waals surface area contributed by atoms with Gasteiger partial charge in [0, 0.05) is 18.1 Å². The molecule has 0 radical (unpaired) electrons. The number of esters is 1. The Labute approximate surface area is 142 Å². The van der Waals surface area contributed by atoms with Gasteiger partial charge in [-0.3, -0.25) is 0 Å². The SMILES string of the molecule is COC(=O)c1c(N)c(C#N)cn1-c1cc(C(=O)O)cc(S(C)(=O)=O)c1. The Morgan fingerprint density at radius 3 is 2.44 bits per heavy atom. The number of methoxy groups -OCH3 is 1. The quantitative estimate of drug-likeness (QED) is 0.757. The van der Waals surface area contributed by atoms with Crippen molar-refractivity contribution in [2.75, 3.05) is 19.1 Å². The number of nitrogens with two attached hydrogens (primary N) is 1. The van der Waals surface area contributed by atoms with Crippen LogP contribution in [0.1, 0.15) is 26.4 Å². The molecule has 130 valence electrons. The molecule has 0 saturated heterocycles. The van der Waals surface area contributed by atoms with Gasteiger partial charge in [0.2, 0.25) is 0 Å². The lowest BCUT2D eigenvalue weighted by Crippen LogP contribution is -2.12. The molecule has 0 amide bonds. The van der Waals surface area contributed by atoms with E-state index in [0.717, 1.165) is 30.1 Å². The van der Waals surface area contributed by atoms with Crippen LogP contribution in [0.3, 0.4) is 0 Å². The lowest BCUT2D eigenvalue weighted by molar-refractivity contribution is 0.0592. The molecule has 0 spiro atoms. The van der Waals surface area contributed by atoms with Crippen molar-refractivity contribution in [3.8, 4) is 11.8 Å². The van der Waals surface area contributed by atoms with Crippen molar-refractivity contribution in [1.29, 1.82) is 5.26 Å². The summed E-state index contributed by atoms with van der Waals surface area (Å²) in [4.78, 5) is 23.0. The molecule has 10 heteroatoms. The molecule has 0 aliphatic carbocycles. The summed E-state index contributed by atoms with van der Waals surface area (Å²) in [5.74, 6) is -2.22. The van der Waals surface area contributed by atoms with E-state index < -0.39 is 21.8 Å². The van der Waals surface area contributed by atoms with E-state index in [4.69, 9.17) is 11.0 Å². The van der Waals surface area contributed by atoms with Crippen molar-refractivity contribution < 1.29 is 27.9 Å². The number of nitriles is 1. The molecule has 25 heavy (non-hydrogen) atoms. The van der Waals surface area contributed by atoms with Crippen molar-refractivity contribution in [1.82, 2.24) is 4.57 Å². The van der Waals surface area contributed by atoms with Gasteiger partial charge in [0.15, 0.2) is 15.5 Å². The van der Waals surface area contributed by atoms with Gasteiger partial charge >= 0.3 is 11.9 Å². The molecule has 0 aliphatic heterocycles. The second kappa shape index (κ2) is 6.29. The zero-order valence-corrected chi connectivity index (χ0v) is 14.0. The minimum atomic E-state index is -3.73. The number of carboxylic acid groups (broad SMARTS) is 1. The first-order valence-electron chi connectivity index (χ1n) is 6.68. The summed E-state index contributed by atoms with van der Waals surface area (Å²) < 4.78 is 29.4. The molecule has 0 aliphatic rings. The van der Waals surface area contributed by atoms with E-state index in [9.17, 15) is 23.1 Å². The summed E-state index contributed by atoms with van der Waals surface area (Å²) in [7, 11) is -2.61. The monoisotopic (exact) mass is 363 g/mol. The predicted molar refractivity (Wildman–Crippen MR) is 86.3 cm³/mol. The highest BCUT2D eigenvalue weighted by molar-refractivity contribution is 7.90. The largest absolute Gasteiger partial charge is 0.478 e. The Morgan fingerprint density at radius 1 is 1.32 bits per heavy atom. The first-order chi connectivity index (χ1) is 11.6. The standard InChI is InChI=1S/C15H13N3O6S/c1-24-15(21)13-12(17)9(6-16)7-18(13)10-3-8(14(19)20)4-11(5-10)25(2,22)23/h3-5,7H,17H2,1-2H3,(H,19,20). The van der Waals surface area contributed by atoms with Gasteiger partial charge in [-0.15, -0.1) is 0 Å². The van der Waals surface area contributed by atoms with Crippen LogP contribution in [0.2, 0.25) is 0 Å². The molecule has 0 unspecified atom stereocenters. The number of anilines is 1. The topological polar surface area (TPSA) is 152 Å². The summed E-state index contributed by atoms with van der Waals surface area (Å²) in [5, 5.41) is 18.3. The zero-order chi connectivity index (χ0) is 18.9. The number of benzene rings is 1. The van der Waals surface area contributed by atoms with Crippen molar-refractivity contribution in [3.05, 3.63) is 41.2 Å². The van der Waals surface area contributed by atoms with Crippen LogP contribution in [0.5, 0.6) is 0 Å². The van der Waals surface area contributed by atoms with Crippen LogP contribution >= 0.6 is 0 Å². The maximum atomic E-state index is 12.0. The van der Waals surface area contributed by atoms with Gasteiger partial charge in [0.1, 0.15) is 6.07 Å². The minimum absolute atomic E-state index is 0.0360. The van der Waals surface area contributed by atoms with Crippen LogP contribution in [0.25, 0.3) is 5.69 Å². The average molecular weight is 363 g/mol. The highest BCUT2D eigenvalue weighted by Gasteiger charge is 2.23. The van der Waals surface area contributed by atoms with Gasteiger partial charge in [0.25, 0.3) is 0 Å². The first kappa shape index (κ1) is 18.0. The third-order valence-corrected chi connectivity index (χ3v) is 4.48. The van der Waals surface area contributed by atoms with E-state index in [1.54, 1.807) is 6.07 Å². The molecule has 1 aromatic carbocycles. The van der Waals surface area contributed by atoms with E-state index >= 15 is 0 Å². The lowest BCUT2D eigenvalue weighted by atomic mass is 10.2. The Morgan fingerprint density at radius 2 is 1.96 bits per heavy atom. The minimum Gasteiger partial charge on any atom is -0.478 e. The predicted octanol–water partition coefficient (Wildman–Crippen LogP) is 0.819. The molecule has 2 aromatic rings. The molecule has 1 heterocycles. The van der Waals surface area contributed by atoms with E-state index in [1.807, 2.05) is 0 Å². The van der Waals surface area contributed by atoms with E-state index in [2.05, 4.69) is 4.74 Å². The molecule has 0 atom stereocenters. The molecule has 0 saturated carbocycles. The summed E-state index contributed by atoms with van der Waals surface area (Å²) in [6.45, 7) is 0. The number of rotatable bonds is 4. The van der Waals surface area contributed by atoms with Crippen LogP contribution in [0.4, 0.5) is 5.69 Å². The van der Waals surface area contributed by atoms with Crippen molar-refractivity contribution in [3.63, 3.8) is 0 Å². The van der Waals surface area contributed by atoms with Gasteiger partial charge in [-0.05, 0) is 18.2 Å². The van der Waals surface area contributed by atoms with Gasteiger partial charge in [0.05, 0.1) is 28.8 Å². The molecular formula is C15H13N3O6S. The number of hydrogen-bond donors (Lipinski definition) is 2. The third-order valence-electron chi connectivity index (χ3n) is 3.39. The van der Waals surface area contributed by atoms with Crippen molar-refractivity contribution in [2.45, 2.75) is 4.90 Å². The van der Waals surface area contributed by atoms with Crippen LogP contribution in [-0.4, -0.2) is 43.4 Å². The van der Waals surface area contributed by atoms with Crippen LogP contribution in [0.15, 0.2) is 29.3 Å². The molecule has 2 rings (SSSR count). The van der Waals surface area contributed by atoms with Crippen LogP contribution in [0, 0.1) is 11.3 Å². The summed E-state index contributed by atoms with van der Waals surface area (Å²) in [5.41, 5.74) is 5.10. The molecular weight excluding hydrogens is 350 g/mol. The number of hydrogen-bond acceptors (Lipinski definition) is 7. The van der Waals surface area contributed by atoms with Crippen LogP contribution < -0.4 is 5.73 Å². The number of sulfone groups is 1. The van der Waals surface area contributed by atoms with E-state index in [1.165, 1.54) is 12.3 Å². The van der Waals surface area contributed by atoms with Crippen molar-refractivity contribution in [2.24, 2.45) is 0 Å². The number of carbonyl (C=O) groups is 2. The van der Waals surface area contributed by atoms with Gasteiger partial charge in [-0.2, -0.15) is 5.26 Å². The van der Waals surface area contributed by atoms with E-state index in [0.29, 0.717) is 0 Å². The maximum absolute atomic E-state index is 12.0. The fraction of sp³-hybridized carbons (Fsp3) is 0.133. The lowest BCUT2D eigenvalue weighted by Gasteiger charge is -2.11. The Balaban J connectivity index is 2.87. The number of aromatic carboxylic acids is 1. The summed E-state index contributed by atoms with van der Waals surface area (Å²) in [6.07, 6.45) is 2.12. The maximum Gasteiger partial charge on any atom is 0.357 e. The number of aromatic nitrogens is 1. The Bertz CT molecular complexity index is 1030. The molecule has 0 bridgehead atoms. The van der Waals surface area contributed by atoms with Gasteiger partial charge in [-0.1, -0.05) is 0 Å². The number of ether oxygens (including phenoxy) is 1. The first-order valence-corrected chi connectivity index (χ1v) is 8.57. The van der Waals surface area contributed by atoms with Crippen LogP contribution in [-0.2, 0) is 14.6 Å². The van der Waals surface area contributed by atoms with Gasteiger partial charge in [-0.25, -0.2) is 18.0 Å². The third kappa shape index (κ3) is 3.31. The zero-order valence-electron chi connectivity index (χ0n) is 13.2. The summed E-state index contributed by atoms with van der Waals surface area (Å²) >= 11 is 0. The molecule has 0 fully saturated rings. The van der Waals surface area contributed by atoms with E-state index in [-0.39, 0.29) is 33.1 Å². The number of nitrogen functional groups attached to an aromatic ring is 1. The number of nitrogens with zero attached hydrogens (tertiary/aromatic N) is 2. The number of carboxylic acids is 1. The summed E-state index contributed by atoms with van der Waals surface area (Å²) in [6, 6.07) is 5.13. The number of carbonyl (C=O) groups excluding carboxylic acids is 1. The molecule has 3 N–H and O–H groups in total. The second-order valence-corrected chi connectivity index (χ2v) is 7.09. The fourth-order valence-electron chi connectivity index (χ4n) is 2.18. The Hall–Kier alpha value is -3.32. The average Bonchev–Trinajstić information content (AvgIpc) is 2.89. The fourth-order valence-corrected chi connectivity index (χ4v) is 2.85. The van der Waals surface area contributed by atoms with Gasteiger partial charge < -0.3 is 20.1 Å². The normalized spacial score (nSPS) is 10.9. The second-order valence-electron chi connectivity index (χ2n) is 5.07. The smallest absolute Gasteiger partial charge is 0.357 e. The molecule has 1 aromatic heterocycles. The highest BCUT2D eigenvalue weighted by Crippen LogP contribution is 2.27. The molecule has 9 nitrogen and oxygen atoms in total. The van der Waals surface area contributed by atoms with Crippen molar-refractivity contribution >= 4 is 27.5 Å². The Kier molecular flexibility index (Phi) is 4.54. The highest BCUT2D eigenvalue weighted by atomic mass is 32.2.